The summed E-state index contributed by atoms with van der Waals surface area (Å²) < 4.78 is 8.11. The molecule has 0 aliphatic rings. The van der Waals surface area contributed by atoms with E-state index in [-0.39, 0.29) is 11.9 Å². The van der Waals surface area contributed by atoms with Crippen LogP contribution in [0.3, 0.4) is 0 Å². The quantitative estimate of drug-likeness (QED) is 0.420. The second kappa shape index (κ2) is 9.32. The highest BCUT2D eigenvalue weighted by molar-refractivity contribution is 5.93. The normalized spacial score (nSPS) is 12.1. The van der Waals surface area contributed by atoms with Crippen molar-refractivity contribution in [2.45, 2.75) is 40.7 Å². The molecule has 3 aromatic heterocycles. The third-order valence-corrected chi connectivity index (χ3v) is 6.19. The standard InChI is InChI=1S/C26H31N7O2/c1-8-35-24-19(17(5)33-25-21(16(4)31-33)15(3)29-13-30-25)11-14(2)23(27)22(24)18-9-10-20(28-12-18)26(34)32(6)7/h9-13,17H,8,27H2,1-7H3. The molecule has 182 valence electrons. The predicted octanol–water partition coefficient (Wildman–Crippen LogP) is 4.11. The van der Waals surface area contributed by atoms with Gasteiger partial charge in [-0.2, -0.15) is 5.10 Å². The van der Waals surface area contributed by atoms with E-state index in [1.807, 2.05) is 44.5 Å². The van der Waals surface area contributed by atoms with Crippen LogP contribution in [0, 0.1) is 20.8 Å². The highest BCUT2D eigenvalue weighted by atomic mass is 16.5. The molecule has 0 saturated heterocycles. The van der Waals surface area contributed by atoms with E-state index in [4.69, 9.17) is 15.6 Å². The SMILES string of the molecule is CCOc1c(C(C)n2nc(C)c3c(C)ncnc32)cc(C)c(N)c1-c1ccc(C(=O)N(C)C)nc1. The molecule has 0 aliphatic carbocycles. The lowest BCUT2D eigenvalue weighted by Crippen LogP contribution is -2.22. The molecule has 0 aliphatic heterocycles. The van der Waals surface area contributed by atoms with Crippen molar-refractivity contribution in [2.24, 2.45) is 0 Å². The van der Waals surface area contributed by atoms with Gasteiger partial charge >= 0.3 is 0 Å². The summed E-state index contributed by atoms with van der Waals surface area (Å²) in [6.07, 6.45) is 3.23. The Morgan fingerprint density at radius 3 is 2.51 bits per heavy atom. The zero-order chi connectivity index (χ0) is 25.4. The number of fused-ring (bicyclic) bond motifs is 1. The minimum absolute atomic E-state index is 0.161. The van der Waals surface area contributed by atoms with Crippen LogP contribution in [0.4, 0.5) is 5.69 Å². The Balaban J connectivity index is 1.90. The minimum Gasteiger partial charge on any atom is -0.493 e. The van der Waals surface area contributed by atoms with Gasteiger partial charge in [0.15, 0.2) is 5.65 Å². The van der Waals surface area contributed by atoms with E-state index >= 15 is 0 Å². The number of rotatable bonds is 6. The van der Waals surface area contributed by atoms with Gasteiger partial charge in [-0.05, 0) is 52.3 Å². The second-order valence-corrected chi connectivity index (χ2v) is 8.83. The molecule has 0 fully saturated rings. The lowest BCUT2D eigenvalue weighted by molar-refractivity contribution is 0.0822. The molecule has 1 aromatic carbocycles. The number of pyridine rings is 1. The Morgan fingerprint density at radius 2 is 1.89 bits per heavy atom. The molecule has 1 unspecified atom stereocenters. The topological polar surface area (TPSA) is 112 Å². The zero-order valence-electron chi connectivity index (χ0n) is 21.2. The number of anilines is 1. The summed E-state index contributed by atoms with van der Waals surface area (Å²) in [7, 11) is 3.40. The van der Waals surface area contributed by atoms with Crippen LogP contribution in [0.2, 0.25) is 0 Å². The highest BCUT2D eigenvalue weighted by Gasteiger charge is 2.25. The molecule has 4 rings (SSSR count). The third-order valence-electron chi connectivity index (χ3n) is 6.19. The largest absolute Gasteiger partial charge is 0.493 e. The number of hydrogen-bond donors (Lipinski definition) is 1. The fourth-order valence-electron chi connectivity index (χ4n) is 4.35. The van der Waals surface area contributed by atoms with Gasteiger partial charge in [0.2, 0.25) is 0 Å². The molecule has 1 atom stereocenters. The molecule has 4 aromatic rings. The van der Waals surface area contributed by atoms with Gasteiger partial charge in [0.05, 0.1) is 29.4 Å². The highest BCUT2D eigenvalue weighted by Crippen LogP contribution is 2.43. The van der Waals surface area contributed by atoms with Crippen molar-refractivity contribution >= 4 is 22.6 Å². The van der Waals surface area contributed by atoms with Gasteiger partial charge < -0.3 is 15.4 Å². The first-order valence-corrected chi connectivity index (χ1v) is 11.6. The van der Waals surface area contributed by atoms with Crippen molar-refractivity contribution in [1.82, 2.24) is 29.6 Å². The molecule has 3 heterocycles. The van der Waals surface area contributed by atoms with Crippen molar-refractivity contribution in [2.75, 3.05) is 26.4 Å². The van der Waals surface area contributed by atoms with Gasteiger partial charge in [-0.3, -0.25) is 9.78 Å². The van der Waals surface area contributed by atoms with E-state index < -0.39 is 0 Å². The smallest absolute Gasteiger partial charge is 0.271 e. The molecule has 1 amide bonds. The first kappa shape index (κ1) is 24.1. The number of nitrogens with two attached hydrogens (primary N) is 1. The molecule has 9 nitrogen and oxygen atoms in total. The second-order valence-electron chi connectivity index (χ2n) is 8.83. The van der Waals surface area contributed by atoms with Gasteiger partial charge in [0.1, 0.15) is 17.8 Å². The Kier molecular flexibility index (Phi) is 6.43. The van der Waals surface area contributed by atoms with Crippen molar-refractivity contribution in [1.29, 1.82) is 0 Å². The van der Waals surface area contributed by atoms with Crippen molar-refractivity contribution in [3.05, 3.63) is 58.9 Å². The number of ether oxygens (including phenoxy) is 1. The number of hydrogen-bond acceptors (Lipinski definition) is 7. The number of aromatic nitrogens is 5. The molecule has 9 heteroatoms. The van der Waals surface area contributed by atoms with Crippen LogP contribution in [-0.4, -0.2) is 56.2 Å². The lowest BCUT2D eigenvalue weighted by Gasteiger charge is -2.23. The van der Waals surface area contributed by atoms with Crippen LogP contribution >= 0.6 is 0 Å². The van der Waals surface area contributed by atoms with Gasteiger partial charge in [-0.1, -0.05) is 6.07 Å². The molecule has 0 radical (unpaired) electrons. The van der Waals surface area contributed by atoms with E-state index in [9.17, 15) is 4.79 Å². The van der Waals surface area contributed by atoms with Crippen LogP contribution in [0.1, 0.15) is 52.9 Å². The number of amides is 1. The van der Waals surface area contributed by atoms with E-state index in [0.29, 0.717) is 23.7 Å². The molecule has 0 spiro atoms. The van der Waals surface area contributed by atoms with E-state index in [2.05, 4.69) is 21.9 Å². The van der Waals surface area contributed by atoms with Crippen LogP contribution in [-0.2, 0) is 0 Å². The summed E-state index contributed by atoms with van der Waals surface area (Å²) in [5.41, 5.74) is 13.5. The van der Waals surface area contributed by atoms with Crippen molar-refractivity contribution in [3.8, 4) is 16.9 Å². The molecule has 35 heavy (non-hydrogen) atoms. The van der Waals surface area contributed by atoms with E-state index in [1.165, 1.54) is 4.90 Å². The first-order valence-electron chi connectivity index (χ1n) is 11.6. The number of carbonyl (C=O) groups is 1. The molecule has 0 bridgehead atoms. The van der Waals surface area contributed by atoms with E-state index in [0.717, 1.165) is 44.7 Å². The lowest BCUT2D eigenvalue weighted by atomic mass is 9.94. The van der Waals surface area contributed by atoms with Gasteiger partial charge in [-0.25, -0.2) is 14.6 Å². The molecular weight excluding hydrogens is 442 g/mol. The van der Waals surface area contributed by atoms with Crippen LogP contribution in [0.15, 0.2) is 30.7 Å². The summed E-state index contributed by atoms with van der Waals surface area (Å²) in [6.45, 7) is 10.4. The van der Waals surface area contributed by atoms with Crippen molar-refractivity contribution in [3.63, 3.8) is 0 Å². The maximum absolute atomic E-state index is 12.3. The van der Waals surface area contributed by atoms with Crippen LogP contribution < -0.4 is 10.5 Å². The van der Waals surface area contributed by atoms with Crippen molar-refractivity contribution < 1.29 is 9.53 Å². The number of aryl methyl sites for hydroxylation is 3. The number of benzene rings is 1. The maximum Gasteiger partial charge on any atom is 0.271 e. The number of nitrogens with zero attached hydrogens (tertiary/aromatic N) is 6. The average molecular weight is 474 g/mol. The maximum atomic E-state index is 12.3. The van der Waals surface area contributed by atoms with Crippen LogP contribution in [0.5, 0.6) is 5.75 Å². The predicted molar refractivity (Wildman–Crippen MR) is 137 cm³/mol. The summed E-state index contributed by atoms with van der Waals surface area (Å²) in [6, 6.07) is 5.42. The molecule has 2 N–H and O–H groups in total. The zero-order valence-corrected chi connectivity index (χ0v) is 21.2. The fourth-order valence-corrected chi connectivity index (χ4v) is 4.35. The Bertz CT molecular complexity index is 1410. The third kappa shape index (κ3) is 4.18. The summed E-state index contributed by atoms with van der Waals surface area (Å²) >= 11 is 0. The van der Waals surface area contributed by atoms with Gasteiger partial charge in [0.25, 0.3) is 5.91 Å². The molecule has 0 saturated carbocycles. The van der Waals surface area contributed by atoms with Gasteiger partial charge in [0, 0.05) is 42.7 Å². The average Bonchev–Trinajstić information content (AvgIpc) is 3.18. The van der Waals surface area contributed by atoms with Gasteiger partial charge in [-0.15, -0.1) is 0 Å². The number of carbonyl (C=O) groups excluding carboxylic acids is 1. The summed E-state index contributed by atoms with van der Waals surface area (Å²) in [5, 5.41) is 5.76. The minimum atomic E-state index is -0.192. The number of nitrogen functional groups attached to an aromatic ring is 1. The van der Waals surface area contributed by atoms with Crippen LogP contribution in [0.25, 0.3) is 22.2 Å². The first-order chi connectivity index (χ1) is 16.6. The Morgan fingerprint density at radius 1 is 1.14 bits per heavy atom. The van der Waals surface area contributed by atoms with E-state index in [1.54, 1.807) is 32.7 Å². The summed E-state index contributed by atoms with van der Waals surface area (Å²) in [4.78, 5) is 27.1. The Hall–Kier alpha value is -4.01. The monoisotopic (exact) mass is 473 g/mol. The molecular formula is C26H31N7O2. The summed E-state index contributed by atoms with van der Waals surface area (Å²) in [5.74, 6) is 0.509. The Labute approximate surface area is 205 Å². The fraction of sp³-hybridized carbons (Fsp3) is 0.346.